The Morgan fingerprint density at radius 2 is 2.36 bits per heavy atom. The van der Waals surface area contributed by atoms with Crippen LogP contribution in [-0.4, -0.2) is 48.7 Å². The fraction of sp³-hybridized carbons (Fsp3) is 0.900. The van der Waals surface area contributed by atoms with Gasteiger partial charge in [0.1, 0.15) is 0 Å². The van der Waals surface area contributed by atoms with Crippen molar-refractivity contribution in [2.24, 2.45) is 0 Å². The summed E-state index contributed by atoms with van der Waals surface area (Å²) in [4.78, 5) is 14.1. The van der Waals surface area contributed by atoms with Gasteiger partial charge in [0.05, 0.1) is 6.61 Å². The molecule has 2 rings (SSSR count). The van der Waals surface area contributed by atoms with E-state index in [2.05, 4.69) is 19.2 Å². The third-order valence-electron chi connectivity index (χ3n) is 3.10. The van der Waals surface area contributed by atoms with Crippen molar-refractivity contribution in [3.63, 3.8) is 0 Å². The molecule has 2 heterocycles. The Kier molecular flexibility index (Phi) is 2.49. The van der Waals surface area contributed by atoms with E-state index in [1.165, 1.54) is 0 Å². The Balaban J connectivity index is 2.16. The minimum Gasteiger partial charge on any atom is -0.362 e. The van der Waals surface area contributed by atoms with Crippen molar-refractivity contribution in [3.05, 3.63) is 0 Å². The van der Waals surface area contributed by atoms with Gasteiger partial charge in [-0.1, -0.05) is 0 Å². The van der Waals surface area contributed by atoms with Gasteiger partial charge in [-0.05, 0) is 26.8 Å². The molecule has 4 nitrogen and oxygen atoms in total. The number of nitrogens with one attached hydrogen (secondary N) is 1. The zero-order chi connectivity index (χ0) is 10.2. The third-order valence-corrected chi connectivity index (χ3v) is 3.10. The number of ether oxygens (including phenoxy) is 1. The topological polar surface area (TPSA) is 41.6 Å². The highest BCUT2D eigenvalue weighted by molar-refractivity contribution is 5.86. The van der Waals surface area contributed by atoms with Gasteiger partial charge in [0.15, 0.2) is 5.60 Å². The quantitative estimate of drug-likeness (QED) is 0.644. The van der Waals surface area contributed by atoms with E-state index in [0.717, 1.165) is 19.5 Å². The summed E-state index contributed by atoms with van der Waals surface area (Å²) in [5.41, 5.74) is -0.539. The number of hydrogen-bond acceptors (Lipinski definition) is 3. The zero-order valence-electron chi connectivity index (χ0n) is 8.88. The minimum atomic E-state index is -0.539. The normalized spacial score (nSPS) is 33.4. The van der Waals surface area contributed by atoms with E-state index in [0.29, 0.717) is 13.2 Å². The van der Waals surface area contributed by atoms with E-state index in [1.807, 2.05) is 4.90 Å². The van der Waals surface area contributed by atoms with Crippen molar-refractivity contribution in [1.29, 1.82) is 0 Å². The predicted molar refractivity (Wildman–Crippen MR) is 53.0 cm³/mol. The Hall–Kier alpha value is -0.610. The average Bonchev–Trinajstić information content (AvgIpc) is 2.59. The van der Waals surface area contributed by atoms with Crippen LogP contribution in [0.1, 0.15) is 20.3 Å². The lowest BCUT2D eigenvalue weighted by molar-refractivity contribution is -0.171. The molecule has 0 bridgehead atoms. The van der Waals surface area contributed by atoms with E-state index in [-0.39, 0.29) is 11.9 Å². The number of carbonyl (C=O) groups is 1. The third kappa shape index (κ3) is 1.42. The molecule has 0 aromatic rings. The number of rotatable bonds is 1. The SMILES string of the molecule is CC(C)N1CCOC2(CCNC2)C1=O. The fourth-order valence-corrected chi connectivity index (χ4v) is 2.23. The van der Waals surface area contributed by atoms with Crippen LogP contribution in [0.5, 0.6) is 0 Å². The smallest absolute Gasteiger partial charge is 0.256 e. The highest BCUT2D eigenvalue weighted by Gasteiger charge is 2.47. The molecule has 2 saturated heterocycles. The van der Waals surface area contributed by atoms with Crippen LogP contribution in [0.15, 0.2) is 0 Å². The summed E-state index contributed by atoms with van der Waals surface area (Å²) in [5.74, 6) is 0.170. The number of hydrogen-bond donors (Lipinski definition) is 1. The second-order valence-corrected chi connectivity index (χ2v) is 4.36. The zero-order valence-corrected chi connectivity index (χ0v) is 8.88. The van der Waals surface area contributed by atoms with Crippen LogP contribution < -0.4 is 5.32 Å². The number of amides is 1. The molecule has 0 aromatic carbocycles. The highest BCUT2D eigenvalue weighted by atomic mass is 16.5. The molecule has 0 aliphatic carbocycles. The molecule has 1 spiro atoms. The number of carbonyl (C=O) groups excluding carboxylic acids is 1. The Morgan fingerprint density at radius 3 is 2.93 bits per heavy atom. The van der Waals surface area contributed by atoms with Crippen LogP contribution in [0.3, 0.4) is 0 Å². The molecule has 1 amide bonds. The van der Waals surface area contributed by atoms with Crippen LogP contribution in [0.2, 0.25) is 0 Å². The van der Waals surface area contributed by atoms with Gasteiger partial charge in [0.2, 0.25) is 0 Å². The summed E-state index contributed by atoms with van der Waals surface area (Å²) in [5, 5.41) is 3.20. The van der Waals surface area contributed by atoms with Gasteiger partial charge in [-0.2, -0.15) is 0 Å². The summed E-state index contributed by atoms with van der Waals surface area (Å²) < 4.78 is 5.67. The maximum absolute atomic E-state index is 12.2. The lowest BCUT2D eigenvalue weighted by Gasteiger charge is -2.40. The minimum absolute atomic E-state index is 0.170. The highest BCUT2D eigenvalue weighted by Crippen LogP contribution is 2.27. The Labute approximate surface area is 84.6 Å². The van der Waals surface area contributed by atoms with Gasteiger partial charge >= 0.3 is 0 Å². The second-order valence-electron chi connectivity index (χ2n) is 4.36. The number of morpholine rings is 1. The van der Waals surface area contributed by atoms with Gasteiger partial charge < -0.3 is 15.0 Å². The van der Waals surface area contributed by atoms with Crippen LogP contribution in [0.25, 0.3) is 0 Å². The molecule has 4 heteroatoms. The van der Waals surface area contributed by atoms with Gasteiger partial charge in [-0.25, -0.2) is 0 Å². The van der Waals surface area contributed by atoms with Crippen molar-refractivity contribution < 1.29 is 9.53 Å². The summed E-state index contributed by atoms with van der Waals surface area (Å²) >= 11 is 0. The van der Waals surface area contributed by atoms with E-state index in [9.17, 15) is 4.79 Å². The van der Waals surface area contributed by atoms with Gasteiger partial charge in [-0.15, -0.1) is 0 Å². The van der Waals surface area contributed by atoms with Crippen LogP contribution in [-0.2, 0) is 9.53 Å². The van der Waals surface area contributed by atoms with Crippen LogP contribution >= 0.6 is 0 Å². The summed E-state index contributed by atoms with van der Waals surface area (Å²) in [7, 11) is 0. The van der Waals surface area contributed by atoms with E-state index in [4.69, 9.17) is 4.74 Å². The van der Waals surface area contributed by atoms with Crippen molar-refractivity contribution in [2.45, 2.75) is 31.9 Å². The molecule has 1 unspecified atom stereocenters. The first-order valence-corrected chi connectivity index (χ1v) is 5.31. The first-order chi connectivity index (χ1) is 6.66. The average molecular weight is 198 g/mol. The monoisotopic (exact) mass is 198 g/mol. The van der Waals surface area contributed by atoms with Crippen LogP contribution in [0, 0.1) is 0 Å². The molecule has 0 aromatic heterocycles. The predicted octanol–water partition coefficient (Wildman–Crippen LogP) is -0.0143. The first kappa shape index (κ1) is 9.93. The van der Waals surface area contributed by atoms with Gasteiger partial charge in [-0.3, -0.25) is 4.79 Å². The molecule has 2 fully saturated rings. The van der Waals surface area contributed by atoms with Crippen molar-refractivity contribution >= 4 is 5.91 Å². The van der Waals surface area contributed by atoms with E-state index < -0.39 is 5.60 Å². The second kappa shape index (κ2) is 3.51. The molecular weight excluding hydrogens is 180 g/mol. The molecule has 0 radical (unpaired) electrons. The molecule has 2 aliphatic rings. The molecule has 14 heavy (non-hydrogen) atoms. The largest absolute Gasteiger partial charge is 0.362 e. The van der Waals surface area contributed by atoms with E-state index in [1.54, 1.807) is 0 Å². The van der Waals surface area contributed by atoms with Crippen molar-refractivity contribution in [3.8, 4) is 0 Å². The lowest BCUT2D eigenvalue weighted by Crippen LogP contribution is -2.59. The van der Waals surface area contributed by atoms with Crippen LogP contribution in [0.4, 0.5) is 0 Å². The van der Waals surface area contributed by atoms with Crippen molar-refractivity contribution in [2.75, 3.05) is 26.2 Å². The molecule has 2 aliphatic heterocycles. The summed E-state index contributed by atoms with van der Waals surface area (Å²) in [6, 6.07) is 0.281. The number of nitrogens with zero attached hydrogens (tertiary/aromatic N) is 1. The maximum Gasteiger partial charge on any atom is 0.256 e. The Bertz CT molecular complexity index is 234. The first-order valence-electron chi connectivity index (χ1n) is 5.31. The summed E-state index contributed by atoms with van der Waals surface area (Å²) in [6.07, 6.45) is 0.815. The van der Waals surface area contributed by atoms with Gasteiger partial charge in [0.25, 0.3) is 5.91 Å². The standard InChI is InChI=1S/C10H18N2O2/c1-8(2)12-5-6-14-10(9(12)13)3-4-11-7-10/h8,11H,3-7H2,1-2H3. The molecule has 0 saturated carbocycles. The Morgan fingerprint density at radius 1 is 1.57 bits per heavy atom. The molecule has 1 N–H and O–H groups in total. The van der Waals surface area contributed by atoms with E-state index >= 15 is 0 Å². The molecule has 1 atom stereocenters. The fourth-order valence-electron chi connectivity index (χ4n) is 2.23. The van der Waals surface area contributed by atoms with Crippen molar-refractivity contribution in [1.82, 2.24) is 10.2 Å². The van der Waals surface area contributed by atoms with Gasteiger partial charge in [0, 0.05) is 19.1 Å². The molecule has 80 valence electrons. The molecular formula is C10H18N2O2. The lowest BCUT2D eigenvalue weighted by atomic mass is 9.98. The summed E-state index contributed by atoms with van der Waals surface area (Å²) in [6.45, 7) is 7.08. The maximum atomic E-state index is 12.2.